The topological polar surface area (TPSA) is 37.3 Å². The molecule has 0 radical (unpaired) electrons. The number of ketones is 1. The highest BCUT2D eigenvalue weighted by molar-refractivity contribution is 5.81. The number of phenols is 1. The highest BCUT2D eigenvalue weighted by Gasteiger charge is 2.24. The summed E-state index contributed by atoms with van der Waals surface area (Å²) in [5.41, 5.74) is 0.994. The number of Topliss-reactive ketones (excluding diaryl/α,β-unsaturated/α-hetero) is 1. The van der Waals surface area contributed by atoms with Gasteiger partial charge >= 0.3 is 0 Å². The molecule has 74 valence electrons. The number of benzene rings is 1. The molecule has 0 unspecified atom stereocenters. The fourth-order valence-corrected chi connectivity index (χ4v) is 1.56. The van der Waals surface area contributed by atoms with Crippen LogP contribution < -0.4 is 0 Å². The molecule has 0 amide bonds. The Balaban J connectivity index is 1.89. The normalized spacial score (nSPS) is 15.4. The molecule has 1 aromatic rings. The van der Waals surface area contributed by atoms with E-state index >= 15 is 0 Å². The van der Waals surface area contributed by atoms with E-state index in [-0.39, 0.29) is 5.75 Å². The third kappa shape index (κ3) is 2.59. The summed E-state index contributed by atoms with van der Waals surface area (Å²) < 4.78 is 0. The van der Waals surface area contributed by atoms with Crippen LogP contribution in [0.25, 0.3) is 0 Å². The molecule has 0 atom stereocenters. The van der Waals surface area contributed by atoms with Crippen LogP contribution in [-0.4, -0.2) is 10.9 Å². The minimum absolute atomic E-state index is 0.253. The number of phenolic OH excluding ortho intramolecular Hbond substituents is 1. The monoisotopic (exact) mass is 190 g/mol. The van der Waals surface area contributed by atoms with Gasteiger partial charge in [-0.25, -0.2) is 0 Å². The van der Waals surface area contributed by atoms with E-state index in [2.05, 4.69) is 0 Å². The maximum Gasteiger partial charge on any atom is 0.137 e. The zero-order valence-corrected chi connectivity index (χ0v) is 8.07. The summed E-state index contributed by atoms with van der Waals surface area (Å²) in [5.74, 6) is 1.24. The lowest BCUT2D eigenvalue weighted by molar-refractivity contribution is -0.118. The van der Waals surface area contributed by atoms with Gasteiger partial charge in [-0.15, -0.1) is 0 Å². The average Bonchev–Trinajstić information content (AvgIpc) is 2.93. The molecular weight excluding hydrogens is 176 g/mol. The van der Waals surface area contributed by atoms with Crippen LogP contribution in [0.15, 0.2) is 24.3 Å². The fraction of sp³-hybridized carbons (Fsp3) is 0.417. The summed E-state index contributed by atoms with van der Waals surface area (Å²) in [4.78, 5) is 11.5. The van der Waals surface area contributed by atoms with E-state index in [1.807, 2.05) is 0 Å². The van der Waals surface area contributed by atoms with Crippen molar-refractivity contribution in [1.82, 2.24) is 0 Å². The standard InChI is InChI=1S/C12H14O2/c13-11-5-3-10(4-6-11)8-12(14)7-9-1-2-9/h3-6,9,13H,1-2,7-8H2. The lowest BCUT2D eigenvalue weighted by Gasteiger charge is -2.00. The van der Waals surface area contributed by atoms with Gasteiger partial charge in [0.05, 0.1) is 0 Å². The van der Waals surface area contributed by atoms with Crippen LogP contribution in [0.1, 0.15) is 24.8 Å². The van der Waals surface area contributed by atoms with Crippen LogP contribution in [0.4, 0.5) is 0 Å². The minimum atomic E-state index is 0.253. The first-order chi connectivity index (χ1) is 6.74. The van der Waals surface area contributed by atoms with Crippen molar-refractivity contribution in [2.45, 2.75) is 25.7 Å². The Labute approximate surface area is 83.6 Å². The van der Waals surface area contributed by atoms with Crippen LogP contribution in [-0.2, 0) is 11.2 Å². The lowest BCUT2D eigenvalue weighted by Crippen LogP contribution is -2.03. The van der Waals surface area contributed by atoms with Gasteiger partial charge in [-0.1, -0.05) is 12.1 Å². The van der Waals surface area contributed by atoms with Gasteiger partial charge in [-0.3, -0.25) is 4.79 Å². The second-order valence-electron chi connectivity index (χ2n) is 4.03. The van der Waals surface area contributed by atoms with Crippen molar-refractivity contribution in [2.24, 2.45) is 5.92 Å². The molecule has 0 saturated heterocycles. The molecule has 14 heavy (non-hydrogen) atoms. The van der Waals surface area contributed by atoms with Crippen LogP contribution in [0.5, 0.6) is 5.75 Å². The second kappa shape index (κ2) is 3.82. The molecule has 1 saturated carbocycles. The summed E-state index contributed by atoms with van der Waals surface area (Å²) in [5, 5.41) is 9.06. The Morgan fingerprint density at radius 2 is 1.93 bits per heavy atom. The van der Waals surface area contributed by atoms with Crippen LogP contribution in [0, 0.1) is 5.92 Å². The average molecular weight is 190 g/mol. The molecule has 1 fully saturated rings. The quantitative estimate of drug-likeness (QED) is 0.791. The summed E-state index contributed by atoms with van der Waals surface area (Å²) in [6.07, 6.45) is 3.69. The fourth-order valence-electron chi connectivity index (χ4n) is 1.56. The van der Waals surface area contributed by atoms with Crippen molar-refractivity contribution in [3.8, 4) is 5.75 Å². The first-order valence-electron chi connectivity index (χ1n) is 5.03. The van der Waals surface area contributed by atoms with E-state index in [9.17, 15) is 4.79 Å². The molecule has 0 spiro atoms. The SMILES string of the molecule is O=C(Cc1ccc(O)cc1)CC1CC1. The van der Waals surface area contributed by atoms with Crippen molar-refractivity contribution < 1.29 is 9.90 Å². The smallest absolute Gasteiger partial charge is 0.137 e. The van der Waals surface area contributed by atoms with E-state index in [0.717, 1.165) is 12.0 Å². The van der Waals surface area contributed by atoms with Gasteiger partial charge in [0.2, 0.25) is 0 Å². The molecule has 2 heteroatoms. The number of hydrogen-bond acceptors (Lipinski definition) is 2. The third-order valence-electron chi connectivity index (χ3n) is 2.55. The van der Waals surface area contributed by atoms with Crippen molar-refractivity contribution in [3.63, 3.8) is 0 Å². The molecule has 1 aliphatic carbocycles. The zero-order chi connectivity index (χ0) is 9.97. The molecule has 2 rings (SSSR count). The van der Waals surface area contributed by atoms with E-state index in [0.29, 0.717) is 18.1 Å². The second-order valence-corrected chi connectivity index (χ2v) is 4.03. The Hall–Kier alpha value is -1.31. The summed E-state index contributed by atoms with van der Waals surface area (Å²) in [7, 11) is 0. The van der Waals surface area contributed by atoms with E-state index < -0.39 is 0 Å². The molecule has 1 aliphatic rings. The van der Waals surface area contributed by atoms with Gasteiger partial charge in [0.1, 0.15) is 11.5 Å². The highest BCUT2D eigenvalue weighted by atomic mass is 16.3. The Morgan fingerprint density at radius 3 is 2.50 bits per heavy atom. The molecular formula is C12H14O2. The molecule has 1 N–H and O–H groups in total. The van der Waals surface area contributed by atoms with Crippen molar-refractivity contribution >= 4 is 5.78 Å². The van der Waals surface area contributed by atoms with E-state index in [4.69, 9.17) is 5.11 Å². The third-order valence-corrected chi connectivity index (χ3v) is 2.55. The van der Waals surface area contributed by atoms with Crippen molar-refractivity contribution in [1.29, 1.82) is 0 Å². The van der Waals surface area contributed by atoms with E-state index in [1.54, 1.807) is 24.3 Å². The van der Waals surface area contributed by atoms with Gasteiger partial charge in [0.25, 0.3) is 0 Å². The lowest BCUT2D eigenvalue weighted by atomic mass is 10.1. The number of aromatic hydroxyl groups is 1. The Morgan fingerprint density at radius 1 is 1.29 bits per heavy atom. The maximum atomic E-state index is 11.5. The number of rotatable bonds is 4. The molecule has 0 aromatic heterocycles. The van der Waals surface area contributed by atoms with Gasteiger partial charge in [-0.2, -0.15) is 0 Å². The van der Waals surface area contributed by atoms with Crippen molar-refractivity contribution in [2.75, 3.05) is 0 Å². The maximum absolute atomic E-state index is 11.5. The zero-order valence-electron chi connectivity index (χ0n) is 8.07. The molecule has 0 aliphatic heterocycles. The van der Waals surface area contributed by atoms with Gasteiger partial charge in [0.15, 0.2) is 0 Å². The Kier molecular flexibility index (Phi) is 2.53. The summed E-state index contributed by atoms with van der Waals surface area (Å²) in [6, 6.07) is 6.86. The van der Waals surface area contributed by atoms with Gasteiger partial charge in [0, 0.05) is 12.8 Å². The minimum Gasteiger partial charge on any atom is -0.508 e. The first kappa shape index (κ1) is 9.25. The number of carbonyl (C=O) groups is 1. The van der Waals surface area contributed by atoms with Crippen molar-refractivity contribution in [3.05, 3.63) is 29.8 Å². The van der Waals surface area contributed by atoms with Crippen LogP contribution in [0.2, 0.25) is 0 Å². The van der Waals surface area contributed by atoms with Crippen LogP contribution in [0.3, 0.4) is 0 Å². The number of carbonyl (C=O) groups excluding carboxylic acids is 1. The van der Waals surface area contributed by atoms with E-state index in [1.165, 1.54) is 12.8 Å². The summed E-state index contributed by atoms with van der Waals surface area (Å²) in [6.45, 7) is 0. The highest BCUT2D eigenvalue weighted by Crippen LogP contribution is 2.32. The molecule has 0 bridgehead atoms. The molecule has 2 nitrogen and oxygen atoms in total. The molecule has 1 aromatic carbocycles. The van der Waals surface area contributed by atoms with Crippen LogP contribution >= 0.6 is 0 Å². The Bertz CT molecular complexity index is 323. The molecule has 0 heterocycles. The summed E-state index contributed by atoms with van der Waals surface area (Å²) >= 11 is 0. The predicted octanol–water partition coefficient (Wildman–Crippen LogP) is 2.30. The van der Waals surface area contributed by atoms with Gasteiger partial charge < -0.3 is 5.11 Å². The predicted molar refractivity (Wildman–Crippen MR) is 54.2 cm³/mol. The largest absolute Gasteiger partial charge is 0.508 e. The van der Waals surface area contributed by atoms with Gasteiger partial charge in [-0.05, 0) is 36.5 Å². The first-order valence-corrected chi connectivity index (χ1v) is 5.03. The number of hydrogen-bond donors (Lipinski definition) is 1.